The molecule has 1 aromatic heterocycles. The Morgan fingerprint density at radius 3 is 2.57 bits per heavy atom. The first-order chi connectivity index (χ1) is 10.1. The molecule has 2 aromatic carbocycles. The highest BCUT2D eigenvalue weighted by atomic mass is 35.5. The number of rotatable bonds is 3. The van der Waals surface area contributed by atoms with Crippen molar-refractivity contribution in [2.24, 2.45) is 0 Å². The van der Waals surface area contributed by atoms with Gasteiger partial charge in [0.05, 0.1) is 11.2 Å². The minimum absolute atomic E-state index is 0.0805. The summed E-state index contributed by atoms with van der Waals surface area (Å²) in [6.07, 6.45) is 1.52. The van der Waals surface area contributed by atoms with Gasteiger partial charge in [0.25, 0.3) is 0 Å². The van der Waals surface area contributed by atoms with Crippen molar-refractivity contribution in [2.75, 3.05) is 0 Å². The Kier molecular flexibility index (Phi) is 3.52. The number of hydrogen-bond acceptors (Lipinski definition) is 2. The predicted molar refractivity (Wildman–Crippen MR) is 85.0 cm³/mol. The van der Waals surface area contributed by atoms with Gasteiger partial charge in [-0.05, 0) is 30.7 Å². The highest BCUT2D eigenvalue weighted by Crippen LogP contribution is 2.24. The van der Waals surface area contributed by atoms with E-state index in [4.69, 9.17) is 11.6 Å². The molecule has 0 unspecified atom stereocenters. The maximum Gasteiger partial charge on any atom is 0.212 e. The number of aromatic nitrogens is 2. The van der Waals surface area contributed by atoms with Gasteiger partial charge in [-0.15, -0.1) is 0 Å². The smallest absolute Gasteiger partial charge is 0.212 e. The summed E-state index contributed by atoms with van der Waals surface area (Å²) in [5.41, 5.74) is 1.07. The molecule has 0 atom stereocenters. The van der Waals surface area contributed by atoms with E-state index >= 15 is 0 Å². The lowest BCUT2D eigenvalue weighted by Gasteiger charge is -2.11. The second-order valence-corrected chi connectivity index (χ2v) is 5.68. The maximum atomic E-state index is 12.8. The van der Waals surface area contributed by atoms with Crippen LogP contribution in [-0.2, 0) is 0 Å². The van der Waals surface area contributed by atoms with E-state index in [2.05, 4.69) is 5.10 Å². The van der Waals surface area contributed by atoms with Crippen molar-refractivity contribution in [3.05, 3.63) is 64.9 Å². The second kappa shape index (κ2) is 5.34. The van der Waals surface area contributed by atoms with E-state index in [1.807, 2.05) is 56.3 Å². The molecule has 0 aliphatic heterocycles. The molecule has 3 rings (SSSR count). The Bertz CT molecular complexity index is 821. The van der Waals surface area contributed by atoms with Gasteiger partial charge in [0.2, 0.25) is 5.78 Å². The zero-order valence-corrected chi connectivity index (χ0v) is 12.6. The number of hydrogen-bond donors (Lipinski definition) is 0. The average molecular weight is 299 g/mol. The molecule has 0 spiro atoms. The van der Waals surface area contributed by atoms with E-state index in [1.54, 1.807) is 4.68 Å². The van der Waals surface area contributed by atoms with E-state index in [-0.39, 0.29) is 11.8 Å². The molecule has 3 nitrogen and oxygen atoms in total. The molecule has 0 fully saturated rings. The number of halogens is 1. The highest BCUT2D eigenvalue weighted by Gasteiger charge is 2.20. The maximum absolute atomic E-state index is 12.8. The Balaban J connectivity index is 2.10. The Hall–Kier alpha value is -2.13. The first kappa shape index (κ1) is 13.8. The van der Waals surface area contributed by atoms with Crippen molar-refractivity contribution in [3.63, 3.8) is 0 Å². The average Bonchev–Trinajstić information content (AvgIpc) is 2.88. The zero-order valence-electron chi connectivity index (χ0n) is 11.9. The summed E-state index contributed by atoms with van der Waals surface area (Å²) in [5.74, 6) is -0.100. The largest absolute Gasteiger partial charge is 0.287 e. The van der Waals surface area contributed by atoms with Gasteiger partial charge in [0, 0.05) is 11.6 Å². The number of benzene rings is 2. The minimum atomic E-state index is -0.100. The monoisotopic (exact) mass is 298 g/mol. The minimum Gasteiger partial charge on any atom is -0.287 e. The fraction of sp³-hybridized carbons (Fsp3) is 0.176. The molecule has 0 radical (unpaired) electrons. The number of carbonyl (C=O) groups excluding carboxylic acids is 1. The first-order valence-corrected chi connectivity index (χ1v) is 7.22. The molecule has 0 N–H and O–H groups in total. The Morgan fingerprint density at radius 2 is 1.86 bits per heavy atom. The molecule has 106 valence electrons. The molecule has 1 heterocycles. The molecule has 0 amide bonds. The van der Waals surface area contributed by atoms with E-state index in [0.717, 1.165) is 10.8 Å². The van der Waals surface area contributed by atoms with Crippen LogP contribution < -0.4 is 0 Å². The van der Waals surface area contributed by atoms with Crippen LogP contribution in [-0.4, -0.2) is 15.6 Å². The lowest BCUT2D eigenvalue weighted by molar-refractivity contribution is 0.102. The zero-order chi connectivity index (χ0) is 15.0. The number of nitrogens with zero attached hydrogens (tertiary/aromatic N) is 2. The van der Waals surface area contributed by atoms with Crippen LogP contribution in [0.5, 0.6) is 0 Å². The molecule has 3 aromatic rings. The molecular formula is C17H15ClN2O. The van der Waals surface area contributed by atoms with E-state index in [1.165, 1.54) is 6.20 Å². The van der Waals surface area contributed by atoms with Crippen LogP contribution in [0.1, 0.15) is 35.9 Å². The third kappa shape index (κ3) is 2.45. The van der Waals surface area contributed by atoms with Gasteiger partial charge in [-0.3, -0.25) is 9.48 Å². The SMILES string of the molecule is CC(C)n1ncc(Cl)c1C(=O)c1ccc2ccccc2c1. The quantitative estimate of drug-likeness (QED) is 0.667. The van der Waals surface area contributed by atoms with Crippen LogP contribution >= 0.6 is 11.6 Å². The summed E-state index contributed by atoms with van der Waals surface area (Å²) < 4.78 is 1.67. The third-order valence-corrected chi connectivity index (χ3v) is 3.74. The number of ketones is 1. The van der Waals surface area contributed by atoms with Crippen LogP contribution in [0.4, 0.5) is 0 Å². The van der Waals surface area contributed by atoms with Gasteiger partial charge >= 0.3 is 0 Å². The molecule has 4 heteroatoms. The standard InChI is InChI=1S/C17H15ClN2O/c1-11(2)20-16(15(18)10-19-20)17(21)14-8-7-12-5-3-4-6-13(12)9-14/h3-11H,1-2H3. The van der Waals surface area contributed by atoms with Crippen molar-refractivity contribution in [1.29, 1.82) is 0 Å². The topological polar surface area (TPSA) is 34.9 Å². The predicted octanol–water partition coefficient (Wildman–Crippen LogP) is 4.50. The summed E-state index contributed by atoms with van der Waals surface area (Å²) in [6.45, 7) is 3.95. The van der Waals surface area contributed by atoms with Crippen molar-refractivity contribution >= 4 is 28.2 Å². The lowest BCUT2D eigenvalue weighted by Crippen LogP contribution is -2.13. The normalized spacial score (nSPS) is 11.2. The number of carbonyl (C=O) groups is 1. The molecule has 21 heavy (non-hydrogen) atoms. The van der Waals surface area contributed by atoms with Gasteiger partial charge in [-0.2, -0.15) is 5.10 Å². The molecule has 0 saturated heterocycles. The summed E-state index contributed by atoms with van der Waals surface area (Å²) in [4.78, 5) is 12.8. The fourth-order valence-corrected chi connectivity index (χ4v) is 2.63. The van der Waals surface area contributed by atoms with Crippen molar-refractivity contribution in [1.82, 2.24) is 9.78 Å². The van der Waals surface area contributed by atoms with E-state index < -0.39 is 0 Å². The number of fused-ring (bicyclic) bond motifs is 1. The summed E-state index contributed by atoms with van der Waals surface area (Å²) in [5, 5.41) is 6.72. The van der Waals surface area contributed by atoms with Crippen LogP contribution in [0.3, 0.4) is 0 Å². The molecule has 0 bridgehead atoms. The van der Waals surface area contributed by atoms with Crippen LogP contribution in [0.15, 0.2) is 48.7 Å². The van der Waals surface area contributed by atoms with Crippen molar-refractivity contribution < 1.29 is 4.79 Å². The molecule has 0 saturated carbocycles. The third-order valence-electron chi connectivity index (χ3n) is 3.47. The van der Waals surface area contributed by atoms with Crippen molar-refractivity contribution in [3.8, 4) is 0 Å². The summed E-state index contributed by atoms with van der Waals surface area (Å²) in [7, 11) is 0. The highest BCUT2D eigenvalue weighted by molar-refractivity contribution is 6.34. The Morgan fingerprint density at radius 1 is 1.14 bits per heavy atom. The fourth-order valence-electron chi connectivity index (χ4n) is 2.41. The molecule has 0 aliphatic carbocycles. The molecule has 0 aliphatic rings. The second-order valence-electron chi connectivity index (χ2n) is 5.27. The van der Waals surface area contributed by atoms with Crippen LogP contribution in [0.25, 0.3) is 10.8 Å². The summed E-state index contributed by atoms with van der Waals surface area (Å²) in [6, 6.07) is 13.7. The van der Waals surface area contributed by atoms with E-state index in [0.29, 0.717) is 16.3 Å². The summed E-state index contributed by atoms with van der Waals surface area (Å²) >= 11 is 6.15. The van der Waals surface area contributed by atoms with Gasteiger partial charge in [-0.1, -0.05) is 48.0 Å². The Labute approximate surface area is 128 Å². The van der Waals surface area contributed by atoms with Crippen LogP contribution in [0.2, 0.25) is 5.02 Å². The van der Waals surface area contributed by atoms with Gasteiger partial charge < -0.3 is 0 Å². The van der Waals surface area contributed by atoms with Gasteiger partial charge in [-0.25, -0.2) is 0 Å². The first-order valence-electron chi connectivity index (χ1n) is 6.84. The van der Waals surface area contributed by atoms with E-state index in [9.17, 15) is 4.79 Å². The van der Waals surface area contributed by atoms with Crippen molar-refractivity contribution in [2.45, 2.75) is 19.9 Å². The molecular weight excluding hydrogens is 284 g/mol. The van der Waals surface area contributed by atoms with Gasteiger partial charge in [0.1, 0.15) is 5.69 Å². The van der Waals surface area contributed by atoms with Gasteiger partial charge in [0.15, 0.2) is 0 Å². The lowest BCUT2D eigenvalue weighted by atomic mass is 10.0. The van der Waals surface area contributed by atoms with Crippen LogP contribution in [0, 0.1) is 0 Å².